The standard InChI is InChI=1S/C26H26N2O5S2/c1-16-9-11-20(12-10-16)34(30,31)28-24-15-23(21-7-5-6-8-22(21)25(24)29)27-35(32,33)26-18(3)13-17(2)14-19(26)4/h5-15,23,27-28H,1-4H3. The summed E-state index contributed by atoms with van der Waals surface area (Å²) in [5.41, 5.74) is 3.49. The molecule has 0 spiro atoms. The lowest BCUT2D eigenvalue weighted by molar-refractivity contribution is 0.102. The van der Waals surface area contributed by atoms with Gasteiger partial charge in [0.1, 0.15) is 0 Å². The summed E-state index contributed by atoms with van der Waals surface area (Å²) in [6, 6.07) is 15.4. The topological polar surface area (TPSA) is 109 Å². The van der Waals surface area contributed by atoms with E-state index in [0.717, 1.165) is 11.1 Å². The second-order valence-electron chi connectivity index (χ2n) is 8.74. The van der Waals surface area contributed by atoms with Crippen LogP contribution in [0.25, 0.3) is 0 Å². The van der Waals surface area contributed by atoms with E-state index in [9.17, 15) is 21.6 Å². The molecule has 182 valence electrons. The summed E-state index contributed by atoms with van der Waals surface area (Å²) in [6.45, 7) is 7.18. The van der Waals surface area contributed by atoms with Gasteiger partial charge in [-0.15, -0.1) is 0 Å². The zero-order chi connectivity index (χ0) is 25.5. The average Bonchev–Trinajstić information content (AvgIpc) is 2.76. The molecule has 7 nitrogen and oxygen atoms in total. The molecule has 0 aliphatic heterocycles. The van der Waals surface area contributed by atoms with Gasteiger partial charge >= 0.3 is 0 Å². The number of benzene rings is 3. The molecular formula is C26H26N2O5S2. The average molecular weight is 511 g/mol. The van der Waals surface area contributed by atoms with Crippen LogP contribution >= 0.6 is 0 Å². The van der Waals surface area contributed by atoms with Crippen molar-refractivity contribution < 1.29 is 21.6 Å². The van der Waals surface area contributed by atoms with E-state index in [4.69, 9.17) is 0 Å². The number of Topliss-reactive ketones (excluding diaryl/α,β-unsaturated/α-hetero) is 1. The summed E-state index contributed by atoms with van der Waals surface area (Å²) in [4.78, 5) is 13.3. The number of rotatable bonds is 6. The maximum Gasteiger partial charge on any atom is 0.262 e. The molecule has 0 amide bonds. The van der Waals surface area contributed by atoms with Crippen molar-refractivity contribution in [2.45, 2.75) is 43.5 Å². The van der Waals surface area contributed by atoms with Crippen LogP contribution in [0.4, 0.5) is 0 Å². The molecule has 3 aromatic carbocycles. The van der Waals surface area contributed by atoms with Crippen LogP contribution in [0, 0.1) is 27.7 Å². The lowest BCUT2D eigenvalue weighted by Crippen LogP contribution is -2.36. The number of fused-ring (bicyclic) bond motifs is 1. The third kappa shape index (κ3) is 4.93. The van der Waals surface area contributed by atoms with Crippen LogP contribution in [0.5, 0.6) is 0 Å². The first kappa shape index (κ1) is 24.8. The van der Waals surface area contributed by atoms with Crippen molar-refractivity contribution in [1.29, 1.82) is 0 Å². The molecule has 1 aliphatic carbocycles. The molecule has 0 saturated heterocycles. The molecular weight excluding hydrogens is 484 g/mol. The van der Waals surface area contributed by atoms with Gasteiger partial charge in [0.05, 0.1) is 21.5 Å². The Balaban J connectivity index is 1.76. The molecule has 1 aliphatic rings. The molecule has 0 radical (unpaired) electrons. The molecule has 35 heavy (non-hydrogen) atoms. The fourth-order valence-electron chi connectivity index (χ4n) is 4.37. The maximum absolute atomic E-state index is 13.4. The van der Waals surface area contributed by atoms with E-state index in [1.165, 1.54) is 18.2 Å². The number of nitrogens with one attached hydrogen (secondary N) is 2. The van der Waals surface area contributed by atoms with Crippen LogP contribution < -0.4 is 9.44 Å². The molecule has 2 N–H and O–H groups in total. The quantitative estimate of drug-likeness (QED) is 0.521. The van der Waals surface area contributed by atoms with Crippen LogP contribution in [0.2, 0.25) is 0 Å². The Morgan fingerprint density at radius 3 is 1.97 bits per heavy atom. The molecule has 1 unspecified atom stereocenters. The van der Waals surface area contributed by atoms with Gasteiger partial charge in [-0.2, -0.15) is 4.72 Å². The minimum absolute atomic E-state index is 0.00121. The Bertz CT molecular complexity index is 1550. The second-order valence-corrected chi connectivity index (χ2v) is 12.1. The predicted octanol–water partition coefficient (Wildman–Crippen LogP) is 4.00. The van der Waals surface area contributed by atoms with Crippen molar-refractivity contribution in [2.75, 3.05) is 0 Å². The summed E-state index contributed by atoms with van der Waals surface area (Å²) in [5, 5.41) is 0. The molecule has 0 bridgehead atoms. The van der Waals surface area contributed by atoms with Crippen molar-refractivity contribution in [1.82, 2.24) is 9.44 Å². The Morgan fingerprint density at radius 2 is 1.34 bits per heavy atom. The fourth-order valence-corrected chi connectivity index (χ4v) is 7.04. The Labute approximate surface area is 206 Å². The van der Waals surface area contributed by atoms with E-state index < -0.39 is 31.9 Å². The van der Waals surface area contributed by atoms with Crippen molar-refractivity contribution >= 4 is 25.8 Å². The fraction of sp³-hybridized carbons (Fsp3) is 0.192. The van der Waals surface area contributed by atoms with Gasteiger partial charge < -0.3 is 0 Å². The van der Waals surface area contributed by atoms with E-state index in [1.54, 1.807) is 62.4 Å². The monoisotopic (exact) mass is 510 g/mol. The van der Waals surface area contributed by atoms with Crippen molar-refractivity contribution in [2.24, 2.45) is 0 Å². The smallest absolute Gasteiger partial charge is 0.262 e. The lowest BCUT2D eigenvalue weighted by atomic mass is 9.91. The number of carbonyl (C=O) groups is 1. The Morgan fingerprint density at radius 1 is 0.743 bits per heavy atom. The van der Waals surface area contributed by atoms with E-state index in [2.05, 4.69) is 9.44 Å². The number of carbonyl (C=O) groups excluding carboxylic acids is 1. The first-order valence-corrected chi connectivity index (χ1v) is 13.9. The summed E-state index contributed by atoms with van der Waals surface area (Å²) in [6.07, 6.45) is 1.31. The highest BCUT2D eigenvalue weighted by atomic mass is 32.2. The normalized spacial score (nSPS) is 15.9. The second kappa shape index (κ2) is 9.07. The molecule has 3 aromatic rings. The Kier molecular flexibility index (Phi) is 6.44. The van der Waals surface area contributed by atoms with E-state index in [1.807, 2.05) is 13.8 Å². The zero-order valence-electron chi connectivity index (χ0n) is 19.8. The van der Waals surface area contributed by atoms with Crippen LogP contribution in [-0.4, -0.2) is 22.6 Å². The third-order valence-electron chi connectivity index (χ3n) is 5.85. The van der Waals surface area contributed by atoms with Gasteiger partial charge in [-0.05, 0) is 62.6 Å². The first-order valence-electron chi connectivity index (χ1n) is 10.9. The molecule has 0 aromatic heterocycles. The van der Waals surface area contributed by atoms with Gasteiger partial charge in [0.15, 0.2) is 0 Å². The highest BCUT2D eigenvalue weighted by Crippen LogP contribution is 2.31. The van der Waals surface area contributed by atoms with Crippen molar-refractivity contribution in [3.8, 4) is 0 Å². The lowest BCUT2D eigenvalue weighted by Gasteiger charge is -2.25. The van der Waals surface area contributed by atoms with Gasteiger partial charge in [-0.1, -0.05) is 59.7 Å². The highest BCUT2D eigenvalue weighted by Gasteiger charge is 2.32. The van der Waals surface area contributed by atoms with Gasteiger partial charge in [-0.3, -0.25) is 9.52 Å². The van der Waals surface area contributed by atoms with E-state index in [-0.39, 0.29) is 21.1 Å². The van der Waals surface area contributed by atoms with Gasteiger partial charge in [-0.25, -0.2) is 16.8 Å². The number of allylic oxidation sites excluding steroid dienone is 1. The summed E-state index contributed by atoms with van der Waals surface area (Å²) < 4.78 is 57.8. The first-order chi connectivity index (χ1) is 16.4. The highest BCUT2D eigenvalue weighted by molar-refractivity contribution is 7.90. The zero-order valence-corrected chi connectivity index (χ0v) is 21.4. The summed E-state index contributed by atoms with van der Waals surface area (Å²) in [7, 11) is -8.07. The number of hydrogen-bond donors (Lipinski definition) is 2. The summed E-state index contributed by atoms with van der Waals surface area (Å²) >= 11 is 0. The summed E-state index contributed by atoms with van der Waals surface area (Å²) in [5.74, 6) is -0.533. The molecule has 4 rings (SSSR count). The minimum Gasteiger partial charge on any atom is -0.287 e. The largest absolute Gasteiger partial charge is 0.287 e. The molecule has 0 fully saturated rings. The van der Waals surface area contributed by atoms with Crippen LogP contribution in [0.3, 0.4) is 0 Å². The number of sulfonamides is 2. The van der Waals surface area contributed by atoms with Crippen LogP contribution in [-0.2, 0) is 20.0 Å². The third-order valence-corrected chi connectivity index (χ3v) is 8.98. The number of ketones is 1. The van der Waals surface area contributed by atoms with Crippen LogP contribution in [0.1, 0.15) is 44.2 Å². The molecule has 1 atom stereocenters. The molecule has 0 saturated carbocycles. The Hall–Kier alpha value is -3.27. The maximum atomic E-state index is 13.4. The van der Waals surface area contributed by atoms with E-state index >= 15 is 0 Å². The minimum atomic E-state index is -4.07. The van der Waals surface area contributed by atoms with Gasteiger partial charge in [0, 0.05) is 5.56 Å². The number of aryl methyl sites for hydroxylation is 4. The van der Waals surface area contributed by atoms with E-state index in [0.29, 0.717) is 16.7 Å². The van der Waals surface area contributed by atoms with Crippen molar-refractivity contribution in [3.05, 3.63) is 106 Å². The van der Waals surface area contributed by atoms with Gasteiger partial charge in [0.25, 0.3) is 10.0 Å². The van der Waals surface area contributed by atoms with Crippen molar-refractivity contribution in [3.63, 3.8) is 0 Å². The van der Waals surface area contributed by atoms with Crippen LogP contribution in [0.15, 0.2) is 82.2 Å². The molecule has 9 heteroatoms. The number of hydrogen-bond acceptors (Lipinski definition) is 5. The predicted molar refractivity (Wildman–Crippen MR) is 134 cm³/mol. The van der Waals surface area contributed by atoms with Gasteiger partial charge in [0.2, 0.25) is 15.8 Å². The molecule has 0 heterocycles. The SMILES string of the molecule is Cc1ccc(S(=O)(=O)NC2=CC(NS(=O)(=O)c3c(C)cc(C)cc3C)c3ccccc3C2=O)cc1.